The van der Waals surface area contributed by atoms with Crippen LogP contribution in [0.15, 0.2) is 60.2 Å². The van der Waals surface area contributed by atoms with E-state index in [-0.39, 0.29) is 16.4 Å². The van der Waals surface area contributed by atoms with Crippen molar-refractivity contribution in [2.45, 2.75) is 0 Å². The first-order valence-electron chi connectivity index (χ1n) is 6.79. The summed E-state index contributed by atoms with van der Waals surface area (Å²) in [6, 6.07) is 14.7. The standard InChI is InChI=1S/C17H11FN2O2S/c18-13-8-4-5-9-14(13)20-16(22)12(15(21)19-17(20)23)10-11-6-2-1-3-7-11/h1-10H,(H,19,21,23)/b12-10+. The molecule has 0 aromatic heterocycles. The van der Waals surface area contributed by atoms with Gasteiger partial charge in [0.15, 0.2) is 5.11 Å². The lowest BCUT2D eigenvalue weighted by Gasteiger charge is -2.29. The van der Waals surface area contributed by atoms with E-state index in [1.807, 2.05) is 6.07 Å². The molecule has 1 aliphatic rings. The minimum absolute atomic E-state index is 0.00135. The van der Waals surface area contributed by atoms with Crippen LogP contribution in [0.4, 0.5) is 10.1 Å². The fraction of sp³-hybridized carbons (Fsp3) is 0. The Hall–Kier alpha value is -2.86. The minimum atomic E-state index is -0.660. The van der Waals surface area contributed by atoms with Crippen LogP contribution in [0.3, 0.4) is 0 Å². The summed E-state index contributed by atoms with van der Waals surface area (Å²) in [4.78, 5) is 25.7. The van der Waals surface area contributed by atoms with E-state index >= 15 is 0 Å². The number of anilines is 1. The molecular weight excluding hydrogens is 315 g/mol. The van der Waals surface area contributed by atoms with Gasteiger partial charge in [-0.2, -0.15) is 0 Å². The summed E-state index contributed by atoms with van der Waals surface area (Å²) in [5, 5.41) is 2.28. The summed E-state index contributed by atoms with van der Waals surface area (Å²) in [6.45, 7) is 0. The molecule has 1 aliphatic heterocycles. The van der Waals surface area contributed by atoms with Gasteiger partial charge in [-0.3, -0.25) is 14.9 Å². The van der Waals surface area contributed by atoms with Crippen molar-refractivity contribution < 1.29 is 14.0 Å². The summed E-state index contributed by atoms with van der Waals surface area (Å²) in [5.41, 5.74) is 0.585. The fourth-order valence-corrected chi connectivity index (χ4v) is 2.50. The van der Waals surface area contributed by atoms with Gasteiger partial charge in [-0.25, -0.2) is 9.29 Å². The molecule has 0 atom stereocenters. The van der Waals surface area contributed by atoms with E-state index in [0.717, 1.165) is 4.90 Å². The largest absolute Gasteiger partial charge is 0.298 e. The van der Waals surface area contributed by atoms with Crippen LogP contribution in [0.1, 0.15) is 5.56 Å². The third-order valence-electron chi connectivity index (χ3n) is 3.31. The second-order valence-electron chi connectivity index (χ2n) is 4.82. The molecule has 23 heavy (non-hydrogen) atoms. The lowest BCUT2D eigenvalue weighted by Crippen LogP contribution is -2.54. The molecule has 2 aromatic rings. The molecule has 0 bridgehead atoms. The molecule has 1 saturated heterocycles. The average molecular weight is 326 g/mol. The van der Waals surface area contributed by atoms with Gasteiger partial charge < -0.3 is 0 Å². The number of para-hydroxylation sites is 1. The normalized spacial score (nSPS) is 16.7. The summed E-state index contributed by atoms with van der Waals surface area (Å²) < 4.78 is 14.0. The average Bonchev–Trinajstić information content (AvgIpc) is 2.54. The van der Waals surface area contributed by atoms with Gasteiger partial charge in [0, 0.05) is 0 Å². The monoisotopic (exact) mass is 326 g/mol. The molecule has 6 heteroatoms. The molecule has 0 unspecified atom stereocenters. The van der Waals surface area contributed by atoms with Gasteiger partial charge in [-0.1, -0.05) is 42.5 Å². The second kappa shape index (κ2) is 6.10. The number of nitrogens with zero attached hydrogens (tertiary/aromatic N) is 1. The topological polar surface area (TPSA) is 49.4 Å². The molecule has 2 aromatic carbocycles. The van der Waals surface area contributed by atoms with Crippen molar-refractivity contribution in [3.05, 3.63) is 71.6 Å². The minimum Gasteiger partial charge on any atom is -0.298 e. The number of carbonyl (C=O) groups is 2. The van der Waals surface area contributed by atoms with E-state index in [9.17, 15) is 14.0 Å². The SMILES string of the molecule is O=C1NC(=S)N(c2ccccc2F)C(=O)/C1=C/c1ccccc1. The summed E-state index contributed by atoms with van der Waals surface area (Å²) in [7, 11) is 0. The molecule has 0 aliphatic carbocycles. The lowest BCUT2D eigenvalue weighted by molar-refractivity contribution is -0.122. The number of thiocarbonyl (C=S) groups is 1. The van der Waals surface area contributed by atoms with Gasteiger partial charge in [-0.15, -0.1) is 0 Å². The van der Waals surface area contributed by atoms with Crippen molar-refractivity contribution in [2.24, 2.45) is 0 Å². The number of hydrogen-bond donors (Lipinski definition) is 1. The van der Waals surface area contributed by atoms with Crippen molar-refractivity contribution in [1.29, 1.82) is 0 Å². The summed E-state index contributed by atoms with van der Waals surface area (Å²) >= 11 is 5.02. The molecule has 1 fully saturated rings. The maximum atomic E-state index is 14.0. The van der Waals surface area contributed by atoms with Crippen LogP contribution in [0, 0.1) is 5.82 Å². The quantitative estimate of drug-likeness (QED) is 0.524. The Morgan fingerprint density at radius 1 is 1.00 bits per heavy atom. The molecule has 114 valence electrons. The lowest BCUT2D eigenvalue weighted by atomic mass is 10.1. The first kappa shape index (κ1) is 15.1. The number of rotatable bonds is 2. The van der Waals surface area contributed by atoms with Crippen LogP contribution in [0.25, 0.3) is 6.08 Å². The molecular formula is C17H11FN2O2S. The van der Waals surface area contributed by atoms with Crippen molar-refractivity contribution in [1.82, 2.24) is 5.32 Å². The van der Waals surface area contributed by atoms with Crippen molar-refractivity contribution in [2.75, 3.05) is 4.90 Å². The van der Waals surface area contributed by atoms with E-state index < -0.39 is 17.6 Å². The van der Waals surface area contributed by atoms with E-state index in [1.165, 1.54) is 24.3 Å². The number of carbonyl (C=O) groups excluding carboxylic acids is 2. The highest BCUT2D eigenvalue weighted by Crippen LogP contribution is 2.24. The Bertz CT molecular complexity index is 833. The highest BCUT2D eigenvalue weighted by atomic mass is 32.1. The predicted octanol–water partition coefficient (Wildman–Crippen LogP) is 2.66. The third kappa shape index (κ3) is 2.89. The Kier molecular flexibility index (Phi) is 3.99. The zero-order valence-electron chi connectivity index (χ0n) is 11.8. The fourth-order valence-electron chi connectivity index (χ4n) is 2.23. The van der Waals surface area contributed by atoms with Crippen LogP contribution in [-0.4, -0.2) is 16.9 Å². The molecule has 1 heterocycles. The molecule has 3 rings (SSSR count). The summed E-state index contributed by atoms with van der Waals surface area (Å²) in [5.74, 6) is -1.86. The molecule has 1 N–H and O–H groups in total. The van der Waals surface area contributed by atoms with Crippen molar-refractivity contribution in [3.63, 3.8) is 0 Å². The Morgan fingerprint density at radius 3 is 2.35 bits per heavy atom. The molecule has 0 radical (unpaired) electrons. The maximum Gasteiger partial charge on any atom is 0.270 e. The van der Waals surface area contributed by atoms with E-state index in [1.54, 1.807) is 30.3 Å². The van der Waals surface area contributed by atoms with Gasteiger partial charge in [-0.05, 0) is 36.0 Å². The Balaban J connectivity index is 2.05. The van der Waals surface area contributed by atoms with Crippen LogP contribution >= 0.6 is 12.2 Å². The Morgan fingerprint density at radius 2 is 1.65 bits per heavy atom. The van der Waals surface area contributed by atoms with Crippen molar-refractivity contribution >= 4 is 40.9 Å². The summed E-state index contributed by atoms with van der Waals surface area (Å²) in [6.07, 6.45) is 1.45. The maximum absolute atomic E-state index is 14.0. The van der Waals surface area contributed by atoms with Crippen LogP contribution in [-0.2, 0) is 9.59 Å². The smallest absolute Gasteiger partial charge is 0.270 e. The molecule has 2 amide bonds. The third-order valence-corrected chi connectivity index (χ3v) is 3.59. The number of benzene rings is 2. The van der Waals surface area contributed by atoms with Gasteiger partial charge in [0.1, 0.15) is 11.4 Å². The highest BCUT2D eigenvalue weighted by molar-refractivity contribution is 7.80. The van der Waals surface area contributed by atoms with Crippen LogP contribution in [0.5, 0.6) is 0 Å². The van der Waals surface area contributed by atoms with Crippen molar-refractivity contribution in [3.8, 4) is 0 Å². The van der Waals surface area contributed by atoms with Gasteiger partial charge in [0.2, 0.25) is 0 Å². The van der Waals surface area contributed by atoms with E-state index in [2.05, 4.69) is 5.32 Å². The molecule has 0 saturated carbocycles. The number of halogens is 1. The van der Waals surface area contributed by atoms with Crippen LogP contribution < -0.4 is 10.2 Å². The van der Waals surface area contributed by atoms with Gasteiger partial charge in [0.05, 0.1) is 5.69 Å². The molecule has 4 nitrogen and oxygen atoms in total. The zero-order chi connectivity index (χ0) is 16.4. The first-order chi connectivity index (χ1) is 11.1. The first-order valence-corrected chi connectivity index (χ1v) is 7.20. The number of amides is 2. The predicted molar refractivity (Wildman–Crippen MR) is 89.0 cm³/mol. The van der Waals surface area contributed by atoms with Gasteiger partial charge in [0.25, 0.3) is 11.8 Å². The molecule has 0 spiro atoms. The highest BCUT2D eigenvalue weighted by Gasteiger charge is 2.35. The number of hydrogen-bond acceptors (Lipinski definition) is 3. The Labute approximate surface area is 137 Å². The van der Waals surface area contributed by atoms with Crippen LogP contribution in [0.2, 0.25) is 0 Å². The van der Waals surface area contributed by atoms with E-state index in [0.29, 0.717) is 5.56 Å². The number of nitrogens with one attached hydrogen (secondary N) is 1. The zero-order valence-corrected chi connectivity index (χ0v) is 12.6. The second-order valence-corrected chi connectivity index (χ2v) is 5.21. The van der Waals surface area contributed by atoms with Gasteiger partial charge >= 0.3 is 0 Å². The van der Waals surface area contributed by atoms with E-state index in [4.69, 9.17) is 12.2 Å².